The van der Waals surface area contributed by atoms with Gasteiger partial charge in [-0.1, -0.05) is 0 Å². The van der Waals surface area contributed by atoms with Gasteiger partial charge in [0.05, 0.1) is 11.5 Å². The Morgan fingerprint density at radius 3 is 3.00 bits per heavy atom. The molecule has 0 amide bonds. The first-order chi connectivity index (χ1) is 8.58. The molecule has 6 nitrogen and oxygen atoms in total. The predicted molar refractivity (Wildman–Crippen MR) is 68.2 cm³/mol. The molecule has 0 radical (unpaired) electrons. The van der Waals surface area contributed by atoms with Crippen molar-refractivity contribution >= 4 is 11.4 Å². The molecule has 6 heteroatoms. The number of hydrogen-bond donors (Lipinski definition) is 1. The number of anilines is 1. The van der Waals surface area contributed by atoms with E-state index < -0.39 is 4.92 Å². The quantitative estimate of drug-likeness (QED) is 0.497. The second kappa shape index (κ2) is 5.32. The van der Waals surface area contributed by atoms with Crippen LogP contribution in [-0.2, 0) is 11.3 Å². The maximum Gasteiger partial charge on any atom is 0.269 e. The van der Waals surface area contributed by atoms with Crippen molar-refractivity contribution in [3.05, 3.63) is 33.9 Å². The Labute approximate surface area is 105 Å². The van der Waals surface area contributed by atoms with E-state index in [9.17, 15) is 10.1 Å². The minimum atomic E-state index is -0.401. The summed E-state index contributed by atoms with van der Waals surface area (Å²) in [5, 5.41) is 10.7. The summed E-state index contributed by atoms with van der Waals surface area (Å²) in [6.45, 7) is 2.09. The molecule has 2 rings (SSSR count). The van der Waals surface area contributed by atoms with E-state index in [0.717, 1.165) is 18.6 Å². The highest BCUT2D eigenvalue weighted by molar-refractivity contribution is 5.52. The second-order valence-electron chi connectivity index (χ2n) is 4.57. The molecule has 0 aliphatic carbocycles. The van der Waals surface area contributed by atoms with Crippen molar-refractivity contribution < 1.29 is 9.66 Å². The van der Waals surface area contributed by atoms with Gasteiger partial charge in [0.25, 0.3) is 5.69 Å². The lowest BCUT2D eigenvalue weighted by atomic mass is 10.1. The largest absolute Gasteiger partial charge is 0.398 e. The zero-order valence-electron chi connectivity index (χ0n) is 10.3. The molecular weight excluding hydrogens is 234 g/mol. The van der Waals surface area contributed by atoms with Crippen LogP contribution in [0.5, 0.6) is 0 Å². The topological polar surface area (TPSA) is 81.6 Å². The van der Waals surface area contributed by atoms with Crippen LogP contribution in [0, 0.1) is 10.1 Å². The molecule has 1 aromatic carbocycles. The van der Waals surface area contributed by atoms with E-state index in [1.165, 1.54) is 6.07 Å². The van der Waals surface area contributed by atoms with Gasteiger partial charge in [0, 0.05) is 37.0 Å². The van der Waals surface area contributed by atoms with Crippen molar-refractivity contribution in [3.8, 4) is 0 Å². The van der Waals surface area contributed by atoms with E-state index in [4.69, 9.17) is 10.5 Å². The third-order valence-corrected chi connectivity index (χ3v) is 3.29. The van der Waals surface area contributed by atoms with Gasteiger partial charge < -0.3 is 10.5 Å². The maximum absolute atomic E-state index is 10.7. The summed E-state index contributed by atoms with van der Waals surface area (Å²) >= 11 is 0. The molecule has 1 fully saturated rings. The van der Waals surface area contributed by atoms with Gasteiger partial charge in [0.15, 0.2) is 0 Å². The Morgan fingerprint density at radius 2 is 2.39 bits per heavy atom. The number of rotatable bonds is 4. The van der Waals surface area contributed by atoms with Crippen molar-refractivity contribution in [1.29, 1.82) is 0 Å². The van der Waals surface area contributed by atoms with E-state index in [0.29, 0.717) is 24.9 Å². The second-order valence-corrected chi connectivity index (χ2v) is 4.57. The summed E-state index contributed by atoms with van der Waals surface area (Å²) < 4.78 is 5.33. The molecule has 1 aliphatic heterocycles. The van der Waals surface area contributed by atoms with Crippen LogP contribution in [0.3, 0.4) is 0 Å². The molecule has 0 saturated carbocycles. The van der Waals surface area contributed by atoms with Gasteiger partial charge in [-0.2, -0.15) is 0 Å². The fourth-order valence-corrected chi connectivity index (χ4v) is 2.11. The molecule has 1 unspecified atom stereocenters. The number of likely N-dealkylation sites (N-methyl/N-ethyl adjacent to an activating group) is 1. The van der Waals surface area contributed by atoms with Crippen LogP contribution in [0.25, 0.3) is 0 Å². The summed E-state index contributed by atoms with van der Waals surface area (Å²) in [6, 6.07) is 4.93. The Hall–Kier alpha value is -1.66. The molecule has 1 saturated heterocycles. The van der Waals surface area contributed by atoms with E-state index in [1.54, 1.807) is 12.1 Å². The highest BCUT2D eigenvalue weighted by Gasteiger charge is 2.21. The summed E-state index contributed by atoms with van der Waals surface area (Å²) in [7, 11) is 1.98. The molecule has 0 spiro atoms. The molecule has 2 N–H and O–H groups in total. The van der Waals surface area contributed by atoms with Gasteiger partial charge in [-0.25, -0.2) is 0 Å². The fourth-order valence-electron chi connectivity index (χ4n) is 2.11. The van der Waals surface area contributed by atoms with Crippen molar-refractivity contribution in [2.45, 2.75) is 19.0 Å². The Kier molecular flexibility index (Phi) is 3.78. The molecule has 98 valence electrons. The lowest BCUT2D eigenvalue weighted by Gasteiger charge is -2.23. The van der Waals surface area contributed by atoms with Crippen LogP contribution in [0.15, 0.2) is 18.2 Å². The summed E-state index contributed by atoms with van der Waals surface area (Å²) in [5.74, 6) is 0. The molecule has 0 aromatic heterocycles. The Balaban J connectivity index is 2.12. The first-order valence-corrected chi connectivity index (χ1v) is 5.88. The predicted octanol–water partition coefficient (Wildman–Crippen LogP) is 1.40. The lowest BCUT2D eigenvalue weighted by Crippen LogP contribution is -2.31. The Bertz CT molecular complexity index is 444. The van der Waals surface area contributed by atoms with Gasteiger partial charge in [-0.15, -0.1) is 0 Å². The van der Waals surface area contributed by atoms with Crippen molar-refractivity contribution in [3.63, 3.8) is 0 Å². The van der Waals surface area contributed by atoms with Gasteiger partial charge in [-0.05, 0) is 25.1 Å². The molecule has 0 bridgehead atoms. The zero-order chi connectivity index (χ0) is 13.1. The van der Waals surface area contributed by atoms with E-state index in [2.05, 4.69) is 4.90 Å². The molecule has 1 aliphatic rings. The highest BCUT2D eigenvalue weighted by Crippen LogP contribution is 2.22. The summed E-state index contributed by atoms with van der Waals surface area (Å²) in [6.07, 6.45) is 0.991. The van der Waals surface area contributed by atoms with Crippen LogP contribution < -0.4 is 5.73 Å². The molecule has 18 heavy (non-hydrogen) atoms. The van der Waals surface area contributed by atoms with E-state index in [1.807, 2.05) is 7.05 Å². The smallest absolute Gasteiger partial charge is 0.269 e. The number of nitro groups is 1. The zero-order valence-corrected chi connectivity index (χ0v) is 10.3. The first kappa shape index (κ1) is 12.8. The number of nitrogens with zero attached hydrogens (tertiary/aromatic N) is 2. The van der Waals surface area contributed by atoms with Gasteiger partial charge in [-0.3, -0.25) is 15.0 Å². The number of nitrogen functional groups attached to an aromatic ring is 1. The average Bonchev–Trinajstić information content (AvgIpc) is 2.85. The standard InChI is InChI=1S/C12H17N3O3/c1-14(11-4-5-18-8-11)7-9-6-10(15(16)17)2-3-12(9)13/h2-3,6,11H,4-5,7-8,13H2,1H3. The molecule has 1 atom stereocenters. The maximum atomic E-state index is 10.7. The highest BCUT2D eigenvalue weighted by atomic mass is 16.6. The number of hydrogen-bond acceptors (Lipinski definition) is 5. The minimum Gasteiger partial charge on any atom is -0.398 e. The Morgan fingerprint density at radius 1 is 1.61 bits per heavy atom. The van der Waals surface area contributed by atoms with E-state index in [-0.39, 0.29) is 5.69 Å². The van der Waals surface area contributed by atoms with Crippen LogP contribution >= 0.6 is 0 Å². The first-order valence-electron chi connectivity index (χ1n) is 5.88. The third-order valence-electron chi connectivity index (χ3n) is 3.29. The third kappa shape index (κ3) is 2.77. The minimum absolute atomic E-state index is 0.0790. The lowest BCUT2D eigenvalue weighted by molar-refractivity contribution is -0.384. The normalized spacial score (nSPS) is 19.3. The van der Waals surface area contributed by atoms with Gasteiger partial charge in [0.2, 0.25) is 0 Å². The van der Waals surface area contributed by atoms with Crippen LogP contribution in [-0.4, -0.2) is 36.1 Å². The SMILES string of the molecule is CN(Cc1cc([N+](=O)[O-])ccc1N)C1CCOC1. The van der Waals surface area contributed by atoms with Gasteiger partial charge >= 0.3 is 0 Å². The summed E-state index contributed by atoms with van der Waals surface area (Å²) in [5.41, 5.74) is 7.31. The molecular formula is C12H17N3O3. The number of ether oxygens (including phenoxy) is 1. The van der Waals surface area contributed by atoms with Crippen molar-refractivity contribution in [2.75, 3.05) is 26.0 Å². The van der Waals surface area contributed by atoms with Crippen LogP contribution in [0.2, 0.25) is 0 Å². The number of nitrogens with two attached hydrogens (primary N) is 1. The summed E-state index contributed by atoms with van der Waals surface area (Å²) in [4.78, 5) is 12.5. The molecule has 1 aromatic rings. The average molecular weight is 251 g/mol. The van der Waals surface area contributed by atoms with Crippen molar-refractivity contribution in [1.82, 2.24) is 4.90 Å². The number of nitro benzene ring substituents is 1. The van der Waals surface area contributed by atoms with Crippen LogP contribution in [0.4, 0.5) is 11.4 Å². The van der Waals surface area contributed by atoms with Crippen molar-refractivity contribution in [2.24, 2.45) is 0 Å². The number of non-ortho nitro benzene ring substituents is 1. The number of benzene rings is 1. The van der Waals surface area contributed by atoms with E-state index >= 15 is 0 Å². The monoisotopic (exact) mass is 251 g/mol. The fraction of sp³-hybridized carbons (Fsp3) is 0.500. The van der Waals surface area contributed by atoms with Crippen LogP contribution in [0.1, 0.15) is 12.0 Å². The van der Waals surface area contributed by atoms with Gasteiger partial charge in [0.1, 0.15) is 0 Å². The molecule has 1 heterocycles.